The molecular formula is C44H79O12P. The summed E-state index contributed by atoms with van der Waals surface area (Å²) in [5, 5.41) is 38.6. The summed E-state index contributed by atoms with van der Waals surface area (Å²) in [7, 11) is -4.69. The number of hydrogen-bond donors (Lipinski definition) is 5. The molecule has 13 heteroatoms. The number of aliphatic hydroxyl groups is 4. The molecule has 0 aliphatic heterocycles. The molecule has 0 bridgehead atoms. The molecular weight excluding hydrogens is 751 g/mol. The summed E-state index contributed by atoms with van der Waals surface area (Å²) in [6, 6.07) is 0. The summed E-state index contributed by atoms with van der Waals surface area (Å²) in [5.41, 5.74) is 0. The molecule has 0 radical (unpaired) electrons. The van der Waals surface area contributed by atoms with Gasteiger partial charge in [-0.25, -0.2) is 4.57 Å². The molecule has 0 aromatic carbocycles. The van der Waals surface area contributed by atoms with Gasteiger partial charge in [-0.15, -0.1) is 0 Å². The number of aliphatic hydroxyl groups excluding tert-OH is 4. The van der Waals surface area contributed by atoms with Gasteiger partial charge in [0.25, 0.3) is 0 Å². The van der Waals surface area contributed by atoms with Crippen LogP contribution in [0.1, 0.15) is 162 Å². The quantitative estimate of drug-likeness (QED) is 0.0130. The summed E-state index contributed by atoms with van der Waals surface area (Å²) in [4.78, 5) is 35.0. The van der Waals surface area contributed by atoms with Crippen LogP contribution in [0.25, 0.3) is 0 Å². The third-order valence-electron chi connectivity index (χ3n) is 9.10. The Hall–Kier alpha value is -2.15. The molecule has 5 N–H and O–H groups in total. The van der Waals surface area contributed by atoms with Crippen molar-refractivity contribution >= 4 is 19.8 Å². The Balaban J connectivity index is 4.57. The van der Waals surface area contributed by atoms with Crippen LogP contribution >= 0.6 is 7.82 Å². The second-order valence-corrected chi connectivity index (χ2v) is 16.7. The smallest absolute Gasteiger partial charge is 0.462 e. The van der Waals surface area contributed by atoms with Crippen LogP contribution < -0.4 is 0 Å². The highest BCUT2D eigenvalue weighted by Gasteiger charge is 2.27. The number of rotatable bonds is 39. The average molecular weight is 831 g/mol. The van der Waals surface area contributed by atoms with Gasteiger partial charge < -0.3 is 34.8 Å². The first-order valence-corrected chi connectivity index (χ1v) is 23.2. The van der Waals surface area contributed by atoms with Crippen molar-refractivity contribution in [2.75, 3.05) is 26.4 Å². The van der Waals surface area contributed by atoms with Gasteiger partial charge in [0.2, 0.25) is 0 Å². The largest absolute Gasteiger partial charge is 0.472 e. The van der Waals surface area contributed by atoms with E-state index in [1.165, 1.54) is 70.6 Å². The van der Waals surface area contributed by atoms with Gasteiger partial charge >= 0.3 is 19.8 Å². The van der Waals surface area contributed by atoms with E-state index in [4.69, 9.17) is 19.1 Å². The topological polar surface area (TPSA) is 189 Å². The summed E-state index contributed by atoms with van der Waals surface area (Å²) >= 11 is 0. The number of allylic oxidation sites excluding steroid dienone is 5. The number of unbranched alkanes of at least 4 members (excludes halogenated alkanes) is 14. The molecule has 0 saturated heterocycles. The maximum absolute atomic E-state index is 12.6. The fourth-order valence-electron chi connectivity index (χ4n) is 5.67. The highest BCUT2D eigenvalue weighted by Crippen LogP contribution is 2.43. The summed E-state index contributed by atoms with van der Waals surface area (Å²) in [5.74, 6) is -0.370. The Morgan fingerprint density at radius 2 is 1.19 bits per heavy atom. The molecule has 0 fully saturated rings. The van der Waals surface area contributed by atoms with E-state index in [0.717, 1.165) is 38.0 Å². The Bertz CT molecular complexity index is 1140. The van der Waals surface area contributed by atoms with Crippen molar-refractivity contribution in [3.8, 4) is 0 Å². The van der Waals surface area contributed by atoms with Gasteiger partial charge in [0.15, 0.2) is 6.10 Å². The van der Waals surface area contributed by atoms with Crippen molar-refractivity contribution in [2.45, 2.75) is 186 Å². The van der Waals surface area contributed by atoms with Crippen molar-refractivity contribution in [1.29, 1.82) is 0 Å². The van der Waals surface area contributed by atoms with E-state index in [2.05, 4.69) is 31.4 Å². The van der Waals surface area contributed by atoms with Crippen molar-refractivity contribution in [3.63, 3.8) is 0 Å². The van der Waals surface area contributed by atoms with Crippen LogP contribution in [0, 0.1) is 5.92 Å². The lowest BCUT2D eigenvalue weighted by molar-refractivity contribution is -0.161. The highest BCUT2D eigenvalue weighted by atomic mass is 31.2. The van der Waals surface area contributed by atoms with Gasteiger partial charge in [0, 0.05) is 12.8 Å². The molecule has 57 heavy (non-hydrogen) atoms. The molecule has 0 aliphatic rings. The Morgan fingerprint density at radius 3 is 1.79 bits per heavy atom. The van der Waals surface area contributed by atoms with E-state index in [-0.39, 0.29) is 25.7 Å². The van der Waals surface area contributed by atoms with Crippen LogP contribution in [-0.2, 0) is 32.7 Å². The lowest BCUT2D eigenvalue weighted by atomic mass is 10.0. The maximum Gasteiger partial charge on any atom is 0.472 e. The van der Waals surface area contributed by atoms with Gasteiger partial charge in [-0.05, 0) is 44.4 Å². The van der Waals surface area contributed by atoms with E-state index in [9.17, 15) is 34.4 Å². The first-order valence-electron chi connectivity index (χ1n) is 21.7. The number of ether oxygens (including phenoxy) is 2. The molecule has 0 aliphatic carbocycles. The van der Waals surface area contributed by atoms with Crippen LogP contribution in [0.3, 0.4) is 0 Å². The van der Waals surface area contributed by atoms with Crippen LogP contribution in [0.15, 0.2) is 48.6 Å². The molecule has 0 spiro atoms. The zero-order valence-corrected chi connectivity index (χ0v) is 36.3. The third kappa shape index (κ3) is 39.1. The number of phosphoric ester groups is 1. The van der Waals surface area contributed by atoms with Crippen molar-refractivity contribution in [2.24, 2.45) is 5.92 Å². The van der Waals surface area contributed by atoms with E-state index >= 15 is 0 Å². The molecule has 0 amide bonds. The average Bonchev–Trinajstić information content (AvgIpc) is 3.17. The van der Waals surface area contributed by atoms with E-state index < -0.39 is 70.6 Å². The van der Waals surface area contributed by atoms with Gasteiger partial charge in [-0.1, -0.05) is 159 Å². The molecule has 1 unspecified atom stereocenters. The predicted octanol–water partition coefficient (Wildman–Crippen LogP) is 9.13. The summed E-state index contributed by atoms with van der Waals surface area (Å²) in [6.07, 6.45) is 31.4. The molecule has 332 valence electrons. The van der Waals surface area contributed by atoms with Gasteiger partial charge in [-0.2, -0.15) is 0 Å². The van der Waals surface area contributed by atoms with Gasteiger partial charge in [0.05, 0.1) is 32.0 Å². The Kier molecular flexibility index (Phi) is 36.6. The molecule has 0 saturated carbocycles. The minimum atomic E-state index is -4.69. The van der Waals surface area contributed by atoms with Crippen LogP contribution in [0.5, 0.6) is 0 Å². The Labute approximate surface area is 344 Å². The van der Waals surface area contributed by atoms with Crippen LogP contribution in [0.4, 0.5) is 0 Å². The van der Waals surface area contributed by atoms with Crippen LogP contribution in [-0.4, -0.2) is 88.1 Å². The lowest BCUT2D eigenvalue weighted by Gasteiger charge is -2.20. The number of esters is 2. The predicted molar refractivity (Wildman–Crippen MR) is 226 cm³/mol. The first-order chi connectivity index (χ1) is 27.4. The van der Waals surface area contributed by atoms with E-state index in [0.29, 0.717) is 12.8 Å². The summed E-state index contributed by atoms with van der Waals surface area (Å²) < 4.78 is 32.5. The fourth-order valence-corrected chi connectivity index (χ4v) is 6.46. The van der Waals surface area contributed by atoms with E-state index in [1.54, 1.807) is 36.5 Å². The molecule has 0 heterocycles. The zero-order valence-electron chi connectivity index (χ0n) is 35.4. The number of phosphoric acid groups is 1. The van der Waals surface area contributed by atoms with Gasteiger partial charge in [0.1, 0.15) is 12.7 Å². The minimum Gasteiger partial charge on any atom is -0.462 e. The highest BCUT2D eigenvalue weighted by molar-refractivity contribution is 7.47. The first kappa shape index (κ1) is 54.9. The third-order valence-corrected chi connectivity index (χ3v) is 10.1. The van der Waals surface area contributed by atoms with E-state index in [1.807, 2.05) is 6.08 Å². The molecule has 0 aromatic heterocycles. The second-order valence-electron chi connectivity index (χ2n) is 15.3. The molecule has 12 nitrogen and oxygen atoms in total. The molecule has 0 rings (SSSR count). The number of carbonyl (C=O) groups excluding carboxylic acids is 2. The van der Waals surface area contributed by atoms with Gasteiger partial charge in [-0.3, -0.25) is 18.6 Å². The second kappa shape index (κ2) is 38.1. The van der Waals surface area contributed by atoms with Crippen molar-refractivity contribution in [3.05, 3.63) is 48.6 Å². The monoisotopic (exact) mass is 831 g/mol. The fraction of sp³-hybridized carbons (Fsp3) is 0.773. The maximum atomic E-state index is 12.6. The number of carbonyl (C=O) groups is 2. The number of hydrogen-bond acceptors (Lipinski definition) is 11. The lowest BCUT2D eigenvalue weighted by Crippen LogP contribution is -2.30. The van der Waals surface area contributed by atoms with Crippen molar-refractivity contribution in [1.82, 2.24) is 0 Å². The minimum absolute atomic E-state index is 0.0761. The summed E-state index contributed by atoms with van der Waals surface area (Å²) in [6.45, 7) is 4.35. The SMILES string of the molecule is CCCCC/C=C\C[C@H](O)/C=C/C=C/C=C\[C@H](O)CCCC(=O)O[C@H](COC(=O)CCCCCCCCCCCCCCC(C)C)COP(=O)(O)OC[C@@H](O)CO. The molecule has 0 aromatic rings. The van der Waals surface area contributed by atoms with Crippen LogP contribution in [0.2, 0.25) is 0 Å². The standard InChI is InChI=1S/C44H79O12P/c1-4-5-6-7-17-22-28-39(46)29-23-19-20-24-30-40(47)31-26-33-44(50)56-42(37-55-57(51,52)54-35-41(48)34-45)36-53-43(49)32-25-18-15-13-11-9-8-10-12-14-16-21-27-38(2)3/h17,19-20,22-24,29-30,38-42,45-48H,4-16,18,21,25-28,31-37H2,1-3H3,(H,51,52)/b20-19+,22-17-,29-23+,30-24-/t39-,40-,41-,42+/m0/s1. The van der Waals surface area contributed by atoms with Crippen molar-refractivity contribution < 1.29 is 58.0 Å². The molecule has 5 atom stereocenters. The normalized spacial score (nSPS) is 15.5. The Morgan fingerprint density at radius 1 is 0.632 bits per heavy atom. The zero-order chi connectivity index (χ0) is 42.4.